The minimum Gasteiger partial charge on any atom is -0.372 e. The third-order valence-corrected chi connectivity index (χ3v) is 5.09. The molecule has 1 aliphatic heterocycles. The monoisotopic (exact) mass is 360 g/mol. The number of nitrogens with one attached hydrogen (secondary N) is 2. The number of H-pyrrole nitrogens is 1. The van der Waals surface area contributed by atoms with E-state index in [0.29, 0.717) is 11.6 Å². The molecular formula is C22H24N4O. The van der Waals surface area contributed by atoms with E-state index in [4.69, 9.17) is 0 Å². The molecule has 0 saturated carbocycles. The molecule has 0 bridgehead atoms. The summed E-state index contributed by atoms with van der Waals surface area (Å²) in [6.07, 6.45) is 2.49. The maximum absolute atomic E-state index is 12.0. The van der Waals surface area contributed by atoms with Crippen LogP contribution in [0, 0.1) is 5.92 Å². The molecule has 4 rings (SSSR count). The summed E-state index contributed by atoms with van der Waals surface area (Å²) in [6.45, 7) is 4.55. The van der Waals surface area contributed by atoms with Crippen LogP contribution in [0.5, 0.6) is 0 Å². The molecule has 0 amide bonds. The Labute approximate surface area is 159 Å². The summed E-state index contributed by atoms with van der Waals surface area (Å²) in [6, 6.07) is 19.5. The standard InChI is InChI=1S/C22H24N4O/c1-16-11-13-26(14-12-16)19-9-7-18(8-10-19)23-22-24-20(15-21(27)25-22)17-5-3-2-4-6-17/h2-10,15-16H,11-14H2,1H3,(H2,23,24,25,27). The smallest absolute Gasteiger partial charge is 0.252 e. The number of rotatable bonds is 4. The Hall–Kier alpha value is -3.08. The second-order valence-corrected chi connectivity index (χ2v) is 7.19. The molecule has 1 fully saturated rings. The highest BCUT2D eigenvalue weighted by atomic mass is 16.1. The fourth-order valence-corrected chi connectivity index (χ4v) is 3.43. The lowest BCUT2D eigenvalue weighted by Gasteiger charge is -2.32. The van der Waals surface area contributed by atoms with Gasteiger partial charge >= 0.3 is 0 Å². The molecule has 0 spiro atoms. The van der Waals surface area contributed by atoms with Crippen LogP contribution < -0.4 is 15.8 Å². The zero-order valence-corrected chi connectivity index (χ0v) is 15.5. The molecule has 1 saturated heterocycles. The topological polar surface area (TPSA) is 61.0 Å². The summed E-state index contributed by atoms with van der Waals surface area (Å²) in [4.78, 5) is 21.8. The van der Waals surface area contributed by atoms with Crippen LogP contribution in [0.4, 0.5) is 17.3 Å². The van der Waals surface area contributed by atoms with Gasteiger partial charge in [-0.15, -0.1) is 0 Å². The van der Waals surface area contributed by atoms with Crippen LogP contribution >= 0.6 is 0 Å². The van der Waals surface area contributed by atoms with Crippen molar-refractivity contribution in [2.45, 2.75) is 19.8 Å². The minimum absolute atomic E-state index is 0.176. The molecule has 2 aromatic carbocycles. The average Bonchev–Trinajstić information content (AvgIpc) is 2.69. The number of nitrogens with zero attached hydrogens (tertiary/aromatic N) is 2. The highest BCUT2D eigenvalue weighted by molar-refractivity contribution is 5.63. The second-order valence-electron chi connectivity index (χ2n) is 7.19. The molecular weight excluding hydrogens is 336 g/mol. The molecule has 1 aliphatic rings. The van der Waals surface area contributed by atoms with Gasteiger partial charge in [0.15, 0.2) is 0 Å². The van der Waals surface area contributed by atoms with Crippen molar-refractivity contribution < 1.29 is 0 Å². The van der Waals surface area contributed by atoms with Crippen molar-refractivity contribution in [3.05, 3.63) is 71.0 Å². The molecule has 1 aromatic heterocycles. The van der Waals surface area contributed by atoms with Gasteiger partial charge in [-0.25, -0.2) is 4.98 Å². The van der Waals surface area contributed by atoms with Gasteiger partial charge in [0.1, 0.15) is 0 Å². The van der Waals surface area contributed by atoms with Crippen LogP contribution in [-0.2, 0) is 0 Å². The van der Waals surface area contributed by atoms with Crippen LogP contribution in [-0.4, -0.2) is 23.1 Å². The number of benzene rings is 2. The van der Waals surface area contributed by atoms with Crippen molar-refractivity contribution in [2.75, 3.05) is 23.3 Å². The minimum atomic E-state index is -0.176. The predicted octanol–water partition coefficient (Wildman–Crippen LogP) is 4.42. The number of aromatic amines is 1. The van der Waals surface area contributed by atoms with Crippen molar-refractivity contribution in [3.63, 3.8) is 0 Å². The van der Waals surface area contributed by atoms with E-state index < -0.39 is 0 Å². The largest absolute Gasteiger partial charge is 0.372 e. The van der Waals surface area contributed by atoms with Crippen LogP contribution in [0.3, 0.4) is 0 Å². The Bertz CT molecular complexity index is 942. The van der Waals surface area contributed by atoms with Gasteiger partial charge in [0, 0.05) is 36.1 Å². The van der Waals surface area contributed by atoms with E-state index in [9.17, 15) is 4.79 Å². The summed E-state index contributed by atoms with van der Waals surface area (Å²) in [5.41, 5.74) is 3.54. The molecule has 138 valence electrons. The SMILES string of the molecule is CC1CCN(c2ccc(Nc3nc(-c4ccccc4)cc(=O)[nH]3)cc2)CC1. The fourth-order valence-electron chi connectivity index (χ4n) is 3.43. The van der Waals surface area contributed by atoms with Crippen LogP contribution in [0.25, 0.3) is 11.3 Å². The van der Waals surface area contributed by atoms with E-state index in [1.165, 1.54) is 24.6 Å². The highest BCUT2D eigenvalue weighted by Gasteiger charge is 2.15. The lowest BCUT2D eigenvalue weighted by Crippen LogP contribution is -2.32. The fraction of sp³-hybridized carbons (Fsp3) is 0.273. The van der Waals surface area contributed by atoms with Gasteiger partial charge in [-0.1, -0.05) is 37.3 Å². The quantitative estimate of drug-likeness (QED) is 0.723. The summed E-state index contributed by atoms with van der Waals surface area (Å²) >= 11 is 0. The molecule has 0 radical (unpaired) electrons. The van der Waals surface area contributed by atoms with Crippen molar-refractivity contribution in [1.82, 2.24) is 9.97 Å². The summed E-state index contributed by atoms with van der Waals surface area (Å²) in [5, 5.41) is 3.21. The summed E-state index contributed by atoms with van der Waals surface area (Å²) < 4.78 is 0. The summed E-state index contributed by atoms with van der Waals surface area (Å²) in [5.74, 6) is 1.27. The van der Waals surface area contributed by atoms with Crippen molar-refractivity contribution in [2.24, 2.45) is 5.92 Å². The van der Waals surface area contributed by atoms with Crippen LogP contribution in [0.15, 0.2) is 65.5 Å². The van der Waals surface area contributed by atoms with Crippen molar-refractivity contribution in [1.29, 1.82) is 0 Å². The number of hydrogen-bond acceptors (Lipinski definition) is 4. The Kier molecular flexibility index (Phi) is 4.92. The van der Waals surface area contributed by atoms with Gasteiger partial charge in [-0.3, -0.25) is 9.78 Å². The molecule has 0 unspecified atom stereocenters. The van der Waals surface area contributed by atoms with E-state index in [1.807, 2.05) is 42.5 Å². The number of anilines is 3. The lowest BCUT2D eigenvalue weighted by molar-refractivity contribution is 0.438. The van der Waals surface area contributed by atoms with Crippen LogP contribution in [0.1, 0.15) is 19.8 Å². The van der Waals surface area contributed by atoms with Gasteiger partial charge in [0.2, 0.25) is 5.95 Å². The molecule has 0 atom stereocenters. The van der Waals surface area contributed by atoms with Gasteiger partial charge in [0.25, 0.3) is 5.56 Å². The zero-order chi connectivity index (χ0) is 18.6. The first-order valence-electron chi connectivity index (χ1n) is 9.46. The van der Waals surface area contributed by atoms with Gasteiger partial charge in [-0.2, -0.15) is 0 Å². The maximum atomic E-state index is 12.0. The third-order valence-electron chi connectivity index (χ3n) is 5.09. The Morgan fingerprint density at radius 1 is 1.04 bits per heavy atom. The number of piperidine rings is 1. The normalized spacial score (nSPS) is 14.9. The summed E-state index contributed by atoms with van der Waals surface area (Å²) in [7, 11) is 0. The predicted molar refractivity (Wildman–Crippen MR) is 111 cm³/mol. The molecule has 5 heteroatoms. The van der Waals surface area contributed by atoms with E-state index in [1.54, 1.807) is 0 Å². The third kappa shape index (κ3) is 4.19. The molecule has 2 heterocycles. The lowest BCUT2D eigenvalue weighted by atomic mass is 9.99. The molecule has 3 aromatic rings. The first-order chi connectivity index (χ1) is 13.2. The van der Waals surface area contributed by atoms with Crippen LogP contribution in [0.2, 0.25) is 0 Å². The van der Waals surface area contributed by atoms with Gasteiger partial charge in [0.05, 0.1) is 5.69 Å². The molecule has 27 heavy (non-hydrogen) atoms. The van der Waals surface area contributed by atoms with E-state index in [2.05, 4.69) is 39.2 Å². The Morgan fingerprint density at radius 2 is 1.74 bits per heavy atom. The van der Waals surface area contributed by atoms with Crippen molar-refractivity contribution in [3.8, 4) is 11.3 Å². The first kappa shape index (κ1) is 17.3. The van der Waals surface area contributed by atoms with E-state index in [0.717, 1.165) is 30.3 Å². The second kappa shape index (κ2) is 7.66. The Balaban J connectivity index is 1.51. The number of aromatic nitrogens is 2. The van der Waals surface area contributed by atoms with E-state index in [-0.39, 0.29) is 5.56 Å². The molecule has 0 aliphatic carbocycles. The zero-order valence-electron chi connectivity index (χ0n) is 15.5. The van der Waals surface area contributed by atoms with Crippen molar-refractivity contribution >= 4 is 17.3 Å². The first-order valence-corrected chi connectivity index (χ1v) is 9.46. The highest BCUT2D eigenvalue weighted by Crippen LogP contribution is 2.25. The van der Waals surface area contributed by atoms with Gasteiger partial charge in [-0.05, 0) is 43.0 Å². The van der Waals surface area contributed by atoms with E-state index >= 15 is 0 Å². The molecule has 2 N–H and O–H groups in total. The number of hydrogen-bond donors (Lipinski definition) is 2. The average molecular weight is 360 g/mol. The van der Waals surface area contributed by atoms with Gasteiger partial charge < -0.3 is 10.2 Å². The maximum Gasteiger partial charge on any atom is 0.252 e. The Morgan fingerprint density at radius 3 is 2.44 bits per heavy atom. The molecule has 5 nitrogen and oxygen atoms in total.